The lowest BCUT2D eigenvalue weighted by molar-refractivity contribution is -0.0788. The van der Waals surface area contributed by atoms with Gasteiger partial charge in [-0.25, -0.2) is 4.98 Å². The summed E-state index contributed by atoms with van der Waals surface area (Å²) in [5, 5.41) is 48.3. The minimum absolute atomic E-state index is 0. The van der Waals surface area contributed by atoms with E-state index in [9.17, 15) is 10.2 Å². The Bertz CT molecular complexity index is 395. The fourth-order valence-electron chi connectivity index (χ4n) is 1.21. The van der Waals surface area contributed by atoms with Crippen LogP contribution in [0.2, 0.25) is 0 Å². The van der Waals surface area contributed by atoms with Crippen LogP contribution in [-0.2, 0) is 0 Å². The molecule has 0 fully saturated rings. The summed E-state index contributed by atoms with van der Waals surface area (Å²) in [6.45, 7) is 0.820. The van der Waals surface area contributed by atoms with Gasteiger partial charge >= 0.3 is 0 Å². The van der Waals surface area contributed by atoms with E-state index in [4.69, 9.17) is 15.4 Å². The van der Waals surface area contributed by atoms with Gasteiger partial charge in [0.1, 0.15) is 24.0 Å². The maximum absolute atomic E-state index is 9.65. The molecule has 0 saturated carbocycles. The maximum Gasteiger partial charge on any atom is 0.155 e. The van der Waals surface area contributed by atoms with Crippen LogP contribution in [0.1, 0.15) is 24.5 Å². The molecule has 0 amide bonds. The molecule has 0 aliphatic heterocycles. The lowest BCUT2D eigenvalue weighted by Gasteiger charge is -2.19. The zero-order valence-electron chi connectivity index (χ0n) is 10.1. The third-order valence-electron chi connectivity index (χ3n) is 2.30. The number of H-pyrrole nitrogens is 1. The molecule has 0 saturated heterocycles. The van der Waals surface area contributed by atoms with Gasteiger partial charge in [-0.05, 0) is 6.92 Å². The predicted octanol–water partition coefficient (Wildman–Crippen LogP) is -3.29. The van der Waals surface area contributed by atoms with Gasteiger partial charge in [0.05, 0.1) is 12.3 Å². The van der Waals surface area contributed by atoms with Crippen LogP contribution < -0.4 is 0 Å². The highest BCUT2D eigenvalue weighted by atomic mass is 16.4. The Morgan fingerprint density at radius 2 is 1.95 bits per heavy atom. The van der Waals surface area contributed by atoms with E-state index in [2.05, 4.69) is 15.1 Å². The number of oxime groups is 1. The molecule has 10 nitrogen and oxygen atoms in total. The van der Waals surface area contributed by atoms with E-state index in [-0.39, 0.29) is 28.2 Å². The van der Waals surface area contributed by atoms with E-state index in [1.165, 1.54) is 13.1 Å². The Kier molecular flexibility index (Phi) is 8.87. The van der Waals surface area contributed by atoms with Gasteiger partial charge < -0.3 is 41.6 Å². The van der Waals surface area contributed by atoms with Crippen LogP contribution in [0.25, 0.3) is 0 Å². The number of nitrogens with one attached hydrogen (secondary N) is 1. The van der Waals surface area contributed by atoms with Gasteiger partial charge in [-0.15, -0.1) is 0 Å². The fraction of sp³-hybridized carbons (Fsp3) is 0.556. The third kappa shape index (κ3) is 4.55. The Balaban J connectivity index is 0. The van der Waals surface area contributed by atoms with Crippen molar-refractivity contribution in [2.24, 2.45) is 5.16 Å². The largest absolute Gasteiger partial charge is 0.412 e. The van der Waals surface area contributed by atoms with Gasteiger partial charge in [0.25, 0.3) is 0 Å². The van der Waals surface area contributed by atoms with Crippen molar-refractivity contribution < 1.29 is 36.6 Å². The lowest BCUT2D eigenvalue weighted by atomic mass is 10.1. The van der Waals surface area contributed by atoms with E-state index < -0.39 is 24.9 Å². The van der Waals surface area contributed by atoms with Crippen LogP contribution in [0.5, 0.6) is 0 Å². The number of aliphatic hydroxyl groups excluding tert-OH is 4. The molecule has 10 heteroatoms. The molecule has 0 spiro atoms. The lowest BCUT2D eigenvalue weighted by Crippen LogP contribution is -2.34. The first-order valence-corrected chi connectivity index (χ1v) is 4.90. The maximum atomic E-state index is 9.65. The first kappa shape index (κ1) is 19.8. The molecule has 0 bridgehead atoms. The van der Waals surface area contributed by atoms with Crippen LogP contribution in [0.3, 0.4) is 0 Å². The standard InChI is InChI=1S/C9H15N3O5.2H2O/c1-4(12-17)9-10-2-5(11-9)7(15)8(16)6(14)3-13;;/h2,6-8,13-17H,3H2,1H3,(H,10,11);2*1H2/b12-4+;;/t6-,7-,8-;;/m1../s1. The van der Waals surface area contributed by atoms with E-state index in [1.807, 2.05) is 0 Å². The molecule has 1 aromatic heterocycles. The summed E-state index contributed by atoms with van der Waals surface area (Å²) in [5.41, 5.74) is 0.281. The van der Waals surface area contributed by atoms with Crippen molar-refractivity contribution in [2.75, 3.05) is 6.61 Å². The summed E-state index contributed by atoms with van der Waals surface area (Å²) < 4.78 is 0. The molecule has 1 heterocycles. The van der Waals surface area contributed by atoms with Crippen LogP contribution in [0, 0.1) is 0 Å². The average molecular weight is 281 g/mol. The molecule has 19 heavy (non-hydrogen) atoms. The highest BCUT2D eigenvalue weighted by Gasteiger charge is 2.27. The van der Waals surface area contributed by atoms with Gasteiger partial charge in [0.2, 0.25) is 0 Å². The quantitative estimate of drug-likeness (QED) is 0.185. The summed E-state index contributed by atoms with van der Waals surface area (Å²) in [6.07, 6.45) is -3.16. The molecule has 10 N–H and O–H groups in total. The Morgan fingerprint density at radius 3 is 2.42 bits per heavy atom. The predicted molar refractivity (Wildman–Crippen MR) is 63.9 cm³/mol. The van der Waals surface area contributed by atoms with Gasteiger partial charge in [0, 0.05) is 6.20 Å². The Morgan fingerprint density at radius 1 is 1.37 bits per heavy atom. The zero-order valence-corrected chi connectivity index (χ0v) is 10.1. The normalized spacial score (nSPS) is 15.9. The number of nitrogens with zero attached hydrogens (tertiary/aromatic N) is 2. The minimum Gasteiger partial charge on any atom is -0.412 e. The monoisotopic (exact) mass is 281 g/mol. The SMILES string of the molecule is C/C(=N\O)c1nc([C@@H](O)[C@H](O)[C@H](O)CO)c[nH]1.O.O. The first-order valence-electron chi connectivity index (χ1n) is 4.90. The molecule has 0 aromatic carbocycles. The molecular weight excluding hydrogens is 262 g/mol. The van der Waals surface area contributed by atoms with Crippen LogP contribution in [0.4, 0.5) is 0 Å². The summed E-state index contributed by atoms with van der Waals surface area (Å²) in [4.78, 5) is 6.50. The molecule has 3 atom stereocenters. The second kappa shape index (κ2) is 8.53. The van der Waals surface area contributed by atoms with Crippen LogP contribution in [-0.4, -0.2) is 71.1 Å². The van der Waals surface area contributed by atoms with Gasteiger partial charge in [-0.1, -0.05) is 5.16 Å². The number of imidazole rings is 1. The molecule has 0 aliphatic carbocycles. The number of aliphatic hydroxyl groups is 4. The molecule has 0 unspecified atom stereocenters. The third-order valence-corrected chi connectivity index (χ3v) is 2.30. The molecule has 1 aromatic rings. The second-order valence-electron chi connectivity index (χ2n) is 3.54. The van der Waals surface area contributed by atoms with Gasteiger partial charge in [0.15, 0.2) is 5.82 Å². The van der Waals surface area contributed by atoms with Crippen LogP contribution in [0.15, 0.2) is 11.4 Å². The number of rotatable bonds is 5. The Labute approximate surface area is 108 Å². The topological polar surface area (TPSA) is 205 Å². The summed E-state index contributed by atoms with van der Waals surface area (Å²) in [5.74, 6) is 0.229. The summed E-state index contributed by atoms with van der Waals surface area (Å²) in [6, 6.07) is 0. The number of hydrogen-bond acceptors (Lipinski definition) is 7. The molecule has 0 radical (unpaired) electrons. The zero-order chi connectivity index (χ0) is 13.0. The highest BCUT2D eigenvalue weighted by molar-refractivity contribution is 5.94. The van der Waals surface area contributed by atoms with E-state index in [1.54, 1.807) is 0 Å². The van der Waals surface area contributed by atoms with Gasteiger partial charge in [-0.2, -0.15) is 0 Å². The minimum atomic E-state index is -1.55. The van der Waals surface area contributed by atoms with Crippen molar-refractivity contribution in [1.82, 2.24) is 9.97 Å². The van der Waals surface area contributed by atoms with Crippen molar-refractivity contribution in [2.45, 2.75) is 25.2 Å². The fourth-order valence-corrected chi connectivity index (χ4v) is 1.21. The molecular formula is C9H19N3O7. The van der Waals surface area contributed by atoms with E-state index in [0.29, 0.717) is 0 Å². The van der Waals surface area contributed by atoms with Crippen molar-refractivity contribution >= 4 is 5.71 Å². The molecule has 1 rings (SSSR count). The number of aromatic amines is 1. The molecule has 112 valence electrons. The first-order chi connectivity index (χ1) is 8.01. The Hall–Kier alpha value is -1.56. The smallest absolute Gasteiger partial charge is 0.155 e. The van der Waals surface area contributed by atoms with Crippen molar-refractivity contribution in [3.63, 3.8) is 0 Å². The van der Waals surface area contributed by atoms with Crippen molar-refractivity contribution in [1.29, 1.82) is 0 Å². The summed E-state index contributed by atoms with van der Waals surface area (Å²) in [7, 11) is 0. The van der Waals surface area contributed by atoms with E-state index in [0.717, 1.165) is 0 Å². The number of aromatic nitrogens is 2. The highest BCUT2D eigenvalue weighted by Crippen LogP contribution is 2.17. The van der Waals surface area contributed by atoms with Crippen LogP contribution >= 0.6 is 0 Å². The number of hydrogen-bond donors (Lipinski definition) is 6. The summed E-state index contributed by atoms with van der Waals surface area (Å²) >= 11 is 0. The van der Waals surface area contributed by atoms with Crippen molar-refractivity contribution in [3.8, 4) is 0 Å². The molecule has 0 aliphatic rings. The van der Waals surface area contributed by atoms with E-state index >= 15 is 0 Å². The second-order valence-corrected chi connectivity index (χ2v) is 3.54. The average Bonchev–Trinajstić information content (AvgIpc) is 2.84. The van der Waals surface area contributed by atoms with Gasteiger partial charge in [-0.3, -0.25) is 0 Å². The van der Waals surface area contributed by atoms with Crippen molar-refractivity contribution in [3.05, 3.63) is 17.7 Å².